The number of nitrogens with zero attached hydrogens (tertiary/aromatic N) is 1. The van der Waals surface area contributed by atoms with E-state index in [1.807, 2.05) is 5.38 Å². The highest BCUT2D eigenvalue weighted by molar-refractivity contribution is 7.14. The molecule has 2 aromatic carbocycles. The first-order chi connectivity index (χ1) is 13.6. The van der Waals surface area contributed by atoms with Gasteiger partial charge in [0, 0.05) is 16.0 Å². The molecule has 0 aliphatic heterocycles. The summed E-state index contributed by atoms with van der Waals surface area (Å²) in [6.45, 7) is 0. The molecule has 1 aliphatic rings. The van der Waals surface area contributed by atoms with Crippen molar-refractivity contribution in [3.05, 3.63) is 57.9 Å². The minimum atomic E-state index is -0.396. The zero-order valence-corrected chi connectivity index (χ0v) is 17.0. The van der Waals surface area contributed by atoms with Crippen LogP contribution < -0.4 is 15.4 Å². The van der Waals surface area contributed by atoms with Crippen molar-refractivity contribution in [1.82, 2.24) is 4.98 Å². The minimum absolute atomic E-state index is 0.396. The molecule has 144 valence electrons. The lowest BCUT2D eigenvalue weighted by molar-refractivity contribution is 0.262. The van der Waals surface area contributed by atoms with Gasteiger partial charge in [0.05, 0.1) is 18.5 Å². The summed E-state index contributed by atoms with van der Waals surface area (Å²) in [5.74, 6) is 0.536. The fourth-order valence-electron chi connectivity index (χ4n) is 3.39. The molecular formula is C21H20ClN3O2S. The van der Waals surface area contributed by atoms with Crippen molar-refractivity contribution >= 4 is 39.8 Å². The SMILES string of the molecule is COc1ccc(Cl)cc1NC(=O)Nc1nc(-c2ccc3c(c2)CCCC3)cs1. The Hall–Kier alpha value is -2.57. The Labute approximate surface area is 172 Å². The molecule has 1 aliphatic carbocycles. The number of carbonyl (C=O) groups excluding carboxylic acids is 1. The highest BCUT2D eigenvalue weighted by Gasteiger charge is 2.13. The maximum atomic E-state index is 12.3. The van der Waals surface area contributed by atoms with E-state index in [2.05, 4.69) is 33.8 Å². The smallest absolute Gasteiger partial charge is 0.325 e. The third-order valence-electron chi connectivity index (χ3n) is 4.78. The first kappa shape index (κ1) is 18.8. The van der Waals surface area contributed by atoms with Gasteiger partial charge in [-0.2, -0.15) is 0 Å². The van der Waals surface area contributed by atoms with Gasteiger partial charge in [-0.3, -0.25) is 5.32 Å². The molecule has 0 bridgehead atoms. The standard InChI is InChI=1S/C21H20ClN3O2S/c1-27-19-9-8-16(22)11-17(19)23-20(26)25-21-24-18(12-28-21)15-7-6-13-4-2-3-5-14(13)10-15/h6-12H,2-5H2,1H3,(H2,23,24,25,26). The van der Waals surface area contributed by atoms with Crippen LogP contribution in [0.15, 0.2) is 41.8 Å². The highest BCUT2D eigenvalue weighted by atomic mass is 35.5. The molecule has 2 N–H and O–H groups in total. The number of carbonyl (C=O) groups is 1. The van der Waals surface area contributed by atoms with Crippen LogP contribution in [0.2, 0.25) is 5.02 Å². The second kappa shape index (κ2) is 8.20. The maximum absolute atomic E-state index is 12.3. The van der Waals surface area contributed by atoms with E-state index >= 15 is 0 Å². The normalized spacial score (nSPS) is 12.9. The van der Waals surface area contributed by atoms with E-state index in [0.29, 0.717) is 21.6 Å². The van der Waals surface area contributed by atoms with Crippen molar-refractivity contribution in [1.29, 1.82) is 0 Å². The van der Waals surface area contributed by atoms with Crippen LogP contribution >= 0.6 is 22.9 Å². The minimum Gasteiger partial charge on any atom is -0.495 e. The molecule has 0 unspecified atom stereocenters. The Bertz CT molecular complexity index is 1020. The Morgan fingerprint density at radius 3 is 2.75 bits per heavy atom. The zero-order chi connectivity index (χ0) is 19.5. The monoisotopic (exact) mass is 413 g/mol. The molecule has 0 saturated carbocycles. The fraction of sp³-hybridized carbons (Fsp3) is 0.238. The molecule has 7 heteroatoms. The molecule has 0 atom stereocenters. The van der Waals surface area contributed by atoms with E-state index in [9.17, 15) is 4.79 Å². The maximum Gasteiger partial charge on any atom is 0.325 e. The summed E-state index contributed by atoms with van der Waals surface area (Å²) in [4.78, 5) is 16.9. The second-order valence-electron chi connectivity index (χ2n) is 6.65. The Balaban J connectivity index is 1.46. The molecule has 0 fully saturated rings. The summed E-state index contributed by atoms with van der Waals surface area (Å²) in [5, 5.41) is 8.53. The number of halogens is 1. The number of aryl methyl sites for hydroxylation is 2. The molecule has 0 saturated heterocycles. The molecule has 4 rings (SSSR count). The summed E-state index contributed by atoms with van der Waals surface area (Å²) in [6, 6.07) is 11.2. The molecule has 0 spiro atoms. The van der Waals surface area contributed by atoms with Crippen LogP contribution in [0.5, 0.6) is 5.75 Å². The van der Waals surface area contributed by atoms with Crippen LogP contribution in [0.1, 0.15) is 24.0 Å². The Kier molecular flexibility index (Phi) is 5.50. The van der Waals surface area contributed by atoms with Crippen LogP contribution in [0.25, 0.3) is 11.3 Å². The number of methoxy groups -OCH3 is 1. The van der Waals surface area contributed by atoms with E-state index in [-0.39, 0.29) is 0 Å². The van der Waals surface area contributed by atoms with Gasteiger partial charge >= 0.3 is 6.03 Å². The number of benzene rings is 2. The number of aromatic nitrogens is 1. The van der Waals surface area contributed by atoms with Crippen LogP contribution in [0.4, 0.5) is 15.6 Å². The first-order valence-electron chi connectivity index (χ1n) is 9.11. The summed E-state index contributed by atoms with van der Waals surface area (Å²) >= 11 is 7.39. The number of hydrogen-bond donors (Lipinski definition) is 2. The summed E-state index contributed by atoms with van der Waals surface area (Å²) in [7, 11) is 1.54. The van der Waals surface area contributed by atoms with Crippen molar-refractivity contribution in [2.24, 2.45) is 0 Å². The number of ether oxygens (including phenoxy) is 1. The topological polar surface area (TPSA) is 63.2 Å². The predicted octanol–water partition coefficient (Wildman–Crippen LogP) is 5.99. The number of rotatable bonds is 4. The predicted molar refractivity (Wildman–Crippen MR) is 115 cm³/mol. The van der Waals surface area contributed by atoms with Crippen molar-refractivity contribution in [2.75, 3.05) is 17.7 Å². The lowest BCUT2D eigenvalue weighted by Gasteiger charge is -2.16. The highest BCUT2D eigenvalue weighted by Crippen LogP contribution is 2.30. The van der Waals surface area contributed by atoms with Gasteiger partial charge in [0.15, 0.2) is 5.13 Å². The van der Waals surface area contributed by atoms with Gasteiger partial charge in [-0.05, 0) is 61.1 Å². The second-order valence-corrected chi connectivity index (χ2v) is 7.95. The number of hydrogen-bond acceptors (Lipinski definition) is 4. The van der Waals surface area contributed by atoms with Gasteiger partial charge in [0.2, 0.25) is 0 Å². The van der Waals surface area contributed by atoms with Crippen molar-refractivity contribution in [2.45, 2.75) is 25.7 Å². The Morgan fingerprint density at radius 2 is 1.93 bits per heavy atom. The Morgan fingerprint density at radius 1 is 1.11 bits per heavy atom. The summed E-state index contributed by atoms with van der Waals surface area (Å²) in [5.41, 5.74) is 5.31. The first-order valence-corrected chi connectivity index (χ1v) is 10.4. The molecular weight excluding hydrogens is 394 g/mol. The molecule has 0 radical (unpaired) electrons. The lowest BCUT2D eigenvalue weighted by Crippen LogP contribution is -2.19. The third kappa shape index (κ3) is 4.13. The average molecular weight is 414 g/mol. The van der Waals surface area contributed by atoms with Gasteiger partial charge in [0.25, 0.3) is 0 Å². The summed E-state index contributed by atoms with van der Waals surface area (Å²) < 4.78 is 5.24. The van der Waals surface area contributed by atoms with Gasteiger partial charge < -0.3 is 10.1 Å². The zero-order valence-electron chi connectivity index (χ0n) is 15.4. The van der Waals surface area contributed by atoms with E-state index in [0.717, 1.165) is 24.1 Å². The molecule has 28 heavy (non-hydrogen) atoms. The van der Waals surface area contributed by atoms with Gasteiger partial charge in [0.1, 0.15) is 5.75 Å². The molecule has 1 heterocycles. The molecule has 2 amide bonds. The van der Waals surface area contributed by atoms with Gasteiger partial charge in [-0.1, -0.05) is 23.7 Å². The molecule has 5 nitrogen and oxygen atoms in total. The number of fused-ring (bicyclic) bond motifs is 1. The number of amides is 2. The molecule has 3 aromatic rings. The van der Waals surface area contributed by atoms with E-state index < -0.39 is 6.03 Å². The fourth-order valence-corrected chi connectivity index (χ4v) is 4.27. The van der Waals surface area contributed by atoms with Gasteiger partial charge in [-0.15, -0.1) is 11.3 Å². The van der Waals surface area contributed by atoms with E-state index in [1.54, 1.807) is 18.2 Å². The lowest BCUT2D eigenvalue weighted by atomic mass is 9.90. The summed E-state index contributed by atoms with van der Waals surface area (Å²) in [6.07, 6.45) is 4.80. The number of urea groups is 1. The van der Waals surface area contributed by atoms with Crippen LogP contribution in [0.3, 0.4) is 0 Å². The van der Waals surface area contributed by atoms with Crippen LogP contribution in [0, 0.1) is 0 Å². The van der Waals surface area contributed by atoms with Crippen molar-refractivity contribution in [3.63, 3.8) is 0 Å². The molecule has 1 aromatic heterocycles. The largest absolute Gasteiger partial charge is 0.495 e. The van der Waals surface area contributed by atoms with Crippen molar-refractivity contribution < 1.29 is 9.53 Å². The number of anilines is 2. The van der Waals surface area contributed by atoms with Crippen molar-refractivity contribution in [3.8, 4) is 17.0 Å². The van der Waals surface area contributed by atoms with Crippen LogP contribution in [-0.4, -0.2) is 18.1 Å². The number of nitrogens with one attached hydrogen (secondary N) is 2. The average Bonchev–Trinajstić information content (AvgIpc) is 3.16. The third-order valence-corrected chi connectivity index (χ3v) is 5.77. The number of thiazole rings is 1. The van der Waals surface area contributed by atoms with E-state index in [1.165, 1.54) is 42.4 Å². The van der Waals surface area contributed by atoms with Crippen LogP contribution in [-0.2, 0) is 12.8 Å². The quantitative estimate of drug-likeness (QED) is 0.551. The van der Waals surface area contributed by atoms with Gasteiger partial charge in [-0.25, -0.2) is 9.78 Å². The van der Waals surface area contributed by atoms with E-state index in [4.69, 9.17) is 16.3 Å².